The summed E-state index contributed by atoms with van der Waals surface area (Å²) in [6, 6.07) is 41.0. The van der Waals surface area contributed by atoms with Crippen molar-refractivity contribution in [3.05, 3.63) is 144 Å². The van der Waals surface area contributed by atoms with E-state index < -0.39 is 16.6 Å². The molecule has 6 nitrogen and oxygen atoms in total. The van der Waals surface area contributed by atoms with Gasteiger partial charge in [-0.2, -0.15) is 0 Å². The predicted octanol–water partition coefficient (Wildman–Crippen LogP) is 9.65. The first-order valence-electron chi connectivity index (χ1n) is 19.5. The first-order valence-corrected chi connectivity index (χ1v) is 19.5. The SMILES string of the molecule is CC(C)(C)OC(=O)N(Cc1ccccc1)C12CCC(c3ccccc3)(CC1)C(=O)C2.O=C1CC2(NCc3ccccc3)CCC1(c1ccccc1)CC2. The molecule has 6 aliphatic carbocycles. The third-order valence-corrected chi connectivity index (χ3v) is 12.7. The third kappa shape index (κ3) is 7.48. The topological polar surface area (TPSA) is 75.7 Å². The van der Waals surface area contributed by atoms with Crippen LogP contribution in [-0.4, -0.2) is 39.2 Å². The lowest BCUT2D eigenvalue weighted by Gasteiger charge is -2.56. The number of nitrogens with one attached hydrogen (secondary N) is 1. The lowest BCUT2D eigenvalue weighted by atomic mass is 9.54. The molecule has 0 spiro atoms. The van der Waals surface area contributed by atoms with Crippen LogP contribution in [0.1, 0.15) is 107 Å². The lowest BCUT2D eigenvalue weighted by Crippen LogP contribution is -2.63. The van der Waals surface area contributed by atoms with Gasteiger partial charge in [0, 0.05) is 31.5 Å². The molecule has 1 amide bonds. The molecule has 0 heterocycles. The molecule has 0 radical (unpaired) electrons. The Balaban J connectivity index is 0.000000170. The highest BCUT2D eigenvalue weighted by Crippen LogP contribution is 2.54. The van der Waals surface area contributed by atoms with E-state index in [1.165, 1.54) is 11.1 Å². The minimum atomic E-state index is -0.580. The molecule has 6 fully saturated rings. The van der Waals surface area contributed by atoms with Crippen LogP contribution in [0.25, 0.3) is 0 Å². The van der Waals surface area contributed by atoms with Gasteiger partial charge >= 0.3 is 6.09 Å². The summed E-state index contributed by atoms with van der Waals surface area (Å²) in [6.07, 6.45) is 8.11. The second kappa shape index (κ2) is 14.7. The molecular weight excluding hydrogens is 657 g/mol. The zero-order valence-corrected chi connectivity index (χ0v) is 31.6. The minimum Gasteiger partial charge on any atom is -0.444 e. The molecule has 6 saturated carbocycles. The van der Waals surface area contributed by atoms with E-state index in [4.69, 9.17) is 4.74 Å². The number of ether oxygens (including phenoxy) is 1. The van der Waals surface area contributed by atoms with E-state index in [9.17, 15) is 14.4 Å². The molecule has 276 valence electrons. The molecular formula is C47H54N2O4. The Morgan fingerprint density at radius 3 is 1.49 bits per heavy atom. The van der Waals surface area contributed by atoms with Crippen molar-refractivity contribution in [2.75, 3.05) is 0 Å². The van der Waals surface area contributed by atoms with Gasteiger partial charge in [0.25, 0.3) is 0 Å². The van der Waals surface area contributed by atoms with Gasteiger partial charge < -0.3 is 10.1 Å². The van der Waals surface area contributed by atoms with Crippen LogP contribution in [0, 0.1) is 0 Å². The van der Waals surface area contributed by atoms with E-state index in [0.29, 0.717) is 25.2 Å². The zero-order chi connectivity index (χ0) is 37.2. The molecule has 0 atom stereocenters. The van der Waals surface area contributed by atoms with Crippen molar-refractivity contribution in [3.8, 4) is 0 Å². The molecule has 0 saturated heterocycles. The number of benzene rings is 4. The summed E-state index contributed by atoms with van der Waals surface area (Å²) in [7, 11) is 0. The highest BCUT2D eigenvalue weighted by atomic mass is 16.6. The maximum Gasteiger partial charge on any atom is 0.411 e. The van der Waals surface area contributed by atoms with Gasteiger partial charge in [-0.25, -0.2) is 4.79 Å². The Bertz CT molecular complexity index is 1870. The van der Waals surface area contributed by atoms with Crippen LogP contribution >= 0.6 is 0 Å². The van der Waals surface area contributed by atoms with Gasteiger partial charge in [0.05, 0.1) is 16.4 Å². The number of Topliss-reactive ketones (excluding diaryl/α,β-unsaturated/α-hetero) is 2. The van der Waals surface area contributed by atoms with Gasteiger partial charge in [-0.1, -0.05) is 121 Å². The van der Waals surface area contributed by atoms with Gasteiger partial charge in [-0.3, -0.25) is 14.5 Å². The van der Waals surface area contributed by atoms with Crippen LogP contribution in [0.4, 0.5) is 4.79 Å². The fourth-order valence-electron chi connectivity index (χ4n) is 9.57. The van der Waals surface area contributed by atoms with E-state index in [1.807, 2.05) is 86.3 Å². The Morgan fingerprint density at radius 1 is 0.604 bits per heavy atom. The Labute approximate surface area is 315 Å². The fourth-order valence-corrected chi connectivity index (χ4v) is 9.57. The summed E-state index contributed by atoms with van der Waals surface area (Å²) in [6.45, 7) is 6.97. The molecule has 1 N–H and O–H groups in total. The van der Waals surface area contributed by atoms with E-state index in [0.717, 1.165) is 69.0 Å². The number of nitrogens with zero attached hydrogens (tertiary/aromatic N) is 1. The predicted molar refractivity (Wildman–Crippen MR) is 209 cm³/mol. The highest BCUT2D eigenvalue weighted by molar-refractivity contribution is 5.94. The number of ketones is 2. The van der Waals surface area contributed by atoms with Crippen LogP contribution in [-0.2, 0) is 38.2 Å². The standard InChI is InChI=1S/C26H31NO3.C21H23NO/c1-24(2,3)30-23(29)27(19-20-10-6-4-7-11-20)25-14-16-26(17-15-25,22(28)18-25)21-12-8-5-9-13-21;23-19-15-20(22-16-17-7-3-1-4-8-17)11-13-21(19,14-12-20)18-9-5-2-6-10-18/h4-13H,14-19H2,1-3H3;1-10,22H,11-16H2. The maximum atomic E-state index is 13.5. The molecule has 4 bridgehead atoms. The van der Waals surface area contributed by atoms with Gasteiger partial charge in [0.2, 0.25) is 0 Å². The van der Waals surface area contributed by atoms with Gasteiger partial charge in [-0.05, 0) is 94.4 Å². The number of fused-ring (bicyclic) bond motifs is 6. The first-order chi connectivity index (χ1) is 25.5. The van der Waals surface area contributed by atoms with E-state index in [2.05, 4.69) is 66.0 Å². The normalized spacial score (nSPS) is 27.5. The van der Waals surface area contributed by atoms with E-state index in [-0.39, 0.29) is 22.8 Å². The second-order valence-corrected chi connectivity index (χ2v) is 17.0. The van der Waals surface area contributed by atoms with Crippen LogP contribution in [0.3, 0.4) is 0 Å². The Kier molecular flexibility index (Phi) is 10.2. The summed E-state index contributed by atoms with van der Waals surface area (Å²) in [5.74, 6) is 0.689. The summed E-state index contributed by atoms with van der Waals surface area (Å²) >= 11 is 0. The van der Waals surface area contributed by atoms with Crippen LogP contribution in [0.5, 0.6) is 0 Å². The van der Waals surface area contributed by atoms with Crippen molar-refractivity contribution in [2.24, 2.45) is 0 Å². The molecule has 4 aromatic rings. The number of amides is 1. The zero-order valence-electron chi connectivity index (χ0n) is 31.6. The van der Waals surface area contributed by atoms with Gasteiger partial charge in [-0.15, -0.1) is 0 Å². The molecule has 0 aliphatic heterocycles. The molecule has 10 rings (SSSR count). The van der Waals surface area contributed by atoms with E-state index in [1.54, 1.807) is 0 Å². The van der Waals surface area contributed by atoms with Gasteiger partial charge in [0.1, 0.15) is 17.2 Å². The molecule has 4 aromatic carbocycles. The number of hydrogen-bond donors (Lipinski definition) is 1. The van der Waals surface area contributed by atoms with Crippen LogP contribution < -0.4 is 5.32 Å². The number of carbonyl (C=O) groups excluding carboxylic acids is 3. The molecule has 6 aliphatic rings. The van der Waals surface area contributed by atoms with Crippen molar-refractivity contribution in [3.63, 3.8) is 0 Å². The summed E-state index contributed by atoms with van der Waals surface area (Å²) in [5.41, 5.74) is 3.05. The first kappa shape index (κ1) is 36.8. The van der Waals surface area contributed by atoms with Gasteiger partial charge in [0.15, 0.2) is 0 Å². The number of rotatable bonds is 8. The second-order valence-electron chi connectivity index (χ2n) is 17.0. The summed E-state index contributed by atoms with van der Waals surface area (Å²) in [5, 5.41) is 3.72. The maximum absolute atomic E-state index is 13.5. The number of carbonyl (C=O) groups is 3. The lowest BCUT2D eigenvalue weighted by molar-refractivity contribution is -0.139. The van der Waals surface area contributed by atoms with Crippen molar-refractivity contribution in [2.45, 2.75) is 126 Å². The molecule has 0 aromatic heterocycles. The van der Waals surface area contributed by atoms with Crippen LogP contribution in [0.15, 0.2) is 121 Å². The monoisotopic (exact) mass is 710 g/mol. The largest absolute Gasteiger partial charge is 0.444 e. The van der Waals surface area contributed by atoms with Crippen molar-refractivity contribution < 1.29 is 19.1 Å². The fraction of sp³-hybridized carbons (Fsp3) is 0.426. The number of hydrogen-bond acceptors (Lipinski definition) is 5. The third-order valence-electron chi connectivity index (χ3n) is 12.7. The van der Waals surface area contributed by atoms with Crippen molar-refractivity contribution >= 4 is 17.7 Å². The van der Waals surface area contributed by atoms with Crippen molar-refractivity contribution in [1.29, 1.82) is 0 Å². The Morgan fingerprint density at radius 2 is 1.04 bits per heavy atom. The summed E-state index contributed by atoms with van der Waals surface area (Å²) in [4.78, 5) is 41.6. The molecule has 0 unspecified atom stereocenters. The molecule has 6 heteroatoms. The quantitative estimate of drug-likeness (QED) is 0.197. The Hall–Kier alpha value is -4.55. The summed E-state index contributed by atoms with van der Waals surface area (Å²) < 4.78 is 5.79. The minimum absolute atomic E-state index is 0.0173. The van der Waals surface area contributed by atoms with Crippen molar-refractivity contribution in [1.82, 2.24) is 10.2 Å². The van der Waals surface area contributed by atoms with Crippen LogP contribution in [0.2, 0.25) is 0 Å². The smallest absolute Gasteiger partial charge is 0.411 e. The average Bonchev–Trinajstić information content (AvgIpc) is 3.18. The average molecular weight is 711 g/mol. The van der Waals surface area contributed by atoms with E-state index >= 15 is 0 Å². The molecule has 53 heavy (non-hydrogen) atoms. The highest BCUT2D eigenvalue weighted by Gasteiger charge is 2.58.